The van der Waals surface area contributed by atoms with Gasteiger partial charge in [-0.25, -0.2) is 4.98 Å². The van der Waals surface area contributed by atoms with Crippen molar-refractivity contribution in [2.24, 2.45) is 0 Å². The second-order valence-corrected chi connectivity index (χ2v) is 7.30. The van der Waals surface area contributed by atoms with Crippen molar-refractivity contribution in [3.8, 4) is 0 Å². The third kappa shape index (κ3) is 3.90. The highest BCUT2D eigenvalue weighted by atomic mass is 32.2. The summed E-state index contributed by atoms with van der Waals surface area (Å²) >= 11 is 4.51. The van der Waals surface area contributed by atoms with Gasteiger partial charge in [0.2, 0.25) is 5.16 Å². The van der Waals surface area contributed by atoms with Crippen LogP contribution in [-0.4, -0.2) is 9.36 Å². The topological polar surface area (TPSA) is 77.8 Å². The van der Waals surface area contributed by atoms with Crippen LogP contribution in [0.1, 0.15) is 0 Å². The molecule has 3 rings (SSSR count). The van der Waals surface area contributed by atoms with E-state index in [2.05, 4.69) is 9.36 Å². The molecule has 4 nitrogen and oxygen atoms in total. The Morgan fingerprint density at radius 3 is 1.86 bits per heavy atom. The van der Waals surface area contributed by atoms with Gasteiger partial charge >= 0.3 is 0 Å². The van der Waals surface area contributed by atoms with Crippen LogP contribution in [0.3, 0.4) is 0 Å². The molecule has 0 radical (unpaired) electrons. The molecule has 0 aliphatic carbocycles. The molecule has 0 atom stereocenters. The summed E-state index contributed by atoms with van der Waals surface area (Å²) in [6.45, 7) is 0. The maximum absolute atomic E-state index is 5.67. The first kappa shape index (κ1) is 14.2. The normalized spacial score (nSPS) is 10.7. The van der Waals surface area contributed by atoms with Gasteiger partial charge in [0.15, 0.2) is 4.34 Å². The third-order valence-corrected chi connectivity index (χ3v) is 5.31. The Labute approximate surface area is 135 Å². The summed E-state index contributed by atoms with van der Waals surface area (Å²) in [5.41, 5.74) is 12.9. The first-order chi connectivity index (χ1) is 10.2. The van der Waals surface area contributed by atoms with Gasteiger partial charge in [0.05, 0.1) is 0 Å². The van der Waals surface area contributed by atoms with E-state index < -0.39 is 0 Å². The van der Waals surface area contributed by atoms with Crippen LogP contribution < -0.4 is 11.5 Å². The van der Waals surface area contributed by atoms with E-state index in [1.807, 2.05) is 48.5 Å². The second kappa shape index (κ2) is 6.38. The Morgan fingerprint density at radius 2 is 1.29 bits per heavy atom. The quantitative estimate of drug-likeness (QED) is 0.703. The lowest BCUT2D eigenvalue weighted by atomic mass is 10.3. The zero-order chi connectivity index (χ0) is 14.7. The number of nitrogens with zero attached hydrogens (tertiary/aromatic N) is 2. The molecule has 106 valence electrons. The fourth-order valence-corrected chi connectivity index (χ4v) is 4.03. The number of nitrogen functional groups attached to an aromatic ring is 2. The number of rotatable bonds is 4. The average molecular weight is 332 g/mol. The number of anilines is 2. The van der Waals surface area contributed by atoms with E-state index in [9.17, 15) is 0 Å². The van der Waals surface area contributed by atoms with Gasteiger partial charge in [-0.05, 0) is 71.8 Å². The van der Waals surface area contributed by atoms with E-state index >= 15 is 0 Å². The fraction of sp³-hybridized carbons (Fsp3) is 0. The van der Waals surface area contributed by atoms with Gasteiger partial charge in [-0.2, -0.15) is 4.37 Å². The monoisotopic (exact) mass is 332 g/mol. The summed E-state index contributed by atoms with van der Waals surface area (Å²) in [4.78, 5) is 6.69. The van der Waals surface area contributed by atoms with Gasteiger partial charge in [0, 0.05) is 21.2 Å². The Hall–Kier alpha value is -1.70. The zero-order valence-electron chi connectivity index (χ0n) is 10.9. The molecule has 4 N–H and O–H groups in total. The molecule has 0 bridgehead atoms. The van der Waals surface area contributed by atoms with Gasteiger partial charge in [-0.15, -0.1) is 0 Å². The minimum absolute atomic E-state index is 0.753. The molecule has 0 saturated heterocycles. The first-order valence-electron chi connectivity index (χ1n) is 6.09. The number of benzene rings is 2. The standard InChI is InChI=1S/C14H12N4S3/c15-9-1-5-11(6-2-9)19-13-17-14(21-18-13)20-12-7-3-10(16)4-8-12/h1-8H,15-16H2. The van der Waals surface area contributed by atoms with E-state index in [0.29, 0.717) is 0 Å². The summed E-state index contributed by atoms with van der Waals surface area (Å²) in [7, 11) is 0. The highest BCUT2D eigenvalue weighted by molar-refractivity contribution is 8.01. The smallest absolute Gasteiger partial charge is 0.206 e. The van der Waals surface area contributed by atoms with E-state index in [0.717, 1.165) is 30.7 Å². The SMILES string of the molecule is Nc1ccc(Sc2nsc(Sc3ccc(N)cc3)n2)cc1. The van der Waals surface area contributed by atoms with Crippen LogP contribution in [0.2, 0.25) is 0 Å². The third-order valence-electron chi connectivity index (χ3n) is 2.56. The Bertz CT molecular complexity index is 661. The summed E-state index contributed by atoms with van der Waals surface area (Å²) < 4.78 is 5.28. The minimum Gasteiger partial charge on any atom is -0.399 e. The molecule has 0 fully saturated rings. The van der Waals surface area contributed by atoms with E-state index in [1.165, 1.54) is 23.3 Å². The van der Waals surface area contributed by atoms with Crippen LogP contribution in [0, 0.1) is 0 Å². The van der Waals surface area contributed by atoms with E-state index in [-0.39, 0.29) is 0 Å². The van der Waals surface area contributed by atoms with Crippen LogP contribution >= 0.6 is 35.1 Å². The van der Waals surface area contributed by atoms with Gasteiger partial charge in [0.1, 0.15) is 0 Å². The maximum atomic E-state index is 5.67. The van der Waals surface area contributed by atoms with Crippen molar-refractivity contribution in [1.29, 1.82) is 0 Å². The largest absolute Gasteiger partial charge is 0.399 e. The highest BCUT2D eigenvalue weighted by Gasteiger charge is 2.07. The van der Waals surface area contributed by atoms with Crippen molar-refractivity contribution >= 4 is 46.4 Å². The molecular formula is C14H12N4S3. The predicted molar refractivity (Wildman–Crippen MR) is 89.9 cm³/mol. The number of nitrogens with two attached hydrogens (primary N) is 2. The van der Waals surface area contributed by atoms with Gasteiger partial charge in [-0.1, -0.05) is 11.8 Å². The van der Waals surface area contributed by atoms with Crippen LogP contribution in [0.15, 0.2) is 67.8 Å². The lowest BCUT2D eigenvalue weighted by Crippen LogP contribution is -1.83. The molecule has 2 aromatic carbocycles. The molecule has 1 heterocycles. The molecule has 0 amide bonds. The van der Waals surface area contributed by atoms with Crippen molar-refractivity contribution in [2.45, 2.75) is 19.3 Å². The number of hydrogen-bond donors (Lipinski definition) is 2. The zero-order valence-corrected chi connectivity index (χ0v) is 13.3. The highest BCUT2D eigenvalue weighted by Crippen LogP contribution is 2.33. The molecule has 0 spiro atoms. The fourth-order valence-electron chi connectivity index (χ4n) is 1.56. The van der Waals surface area contributed by atoms with Crippen molar-refractivity contribution in [1.82, 2.24) is 9.36 Å². The Balaban J connectivity index is 1.68. The van der Waals surface area contributed by atoms with Crippen molar-refractivity contribution in [3.05, 3.63) is 48.5 Å². The summed E-state index contributed by atoms with van der Waals surface area (Å²) in [5, 5.41) is 0.753. The lowest BCUT2D eigenvalue weighted by Gasteiger charge is -1.98. The van der Waals surface area contributed by atoms with Crippen molar-refractivity contribution < 1.29 is 0 Å². The molecule has 0 aliphatic heterocycles. The Kier molecular flexibility index (Phi) is 4.33. The molecular weight excluding hydrogens is 320 g/mol. The van der Waals surface area contributed by atoms with Crippen LogP contribution in [0.4, 0.5) is 11.4 Å². The van der Waals surface area contributed by atoms with E-state index in [1.54, 1.807) is 11.8 Å². The van der Waals surface area contributed by atoms with Crippen molar-refractivity contribution in [2.75, 3.05) is 11.5 Å². The number of hydrogen-bond acceptors (Lipinski definition) is 7. The summed E-state index contributed by atoms with van der Waals surface area (Å²) in [6.07, 6.45) is 0. The minimum atomic E-state index is 0.753. The van der Waals surface area contributed by atoms with Crippen LogP contribution in [0.5, 0.6) is 0 Å². The maximum Gasteiger partial charge on any atom is 0.206 e. The van der Waals surface area contributed by atoms with Gasteiger partial charge in [-0.3, -0.25) is 0 Å². The Morgan fingerprint density at radius 1 is 0.762 bits per heavy atom. The van der Waals surface area contributed by atoms with E-state index in [4.69, 9.17) is 11.5 Å². The molecule has 3 aromatic rings. The molecule has 0 aliphatic rings. The van der Waals surface area contributed by atoms with Crippen LogP contribution in [-0.2, 0) is 0 Å². The molecule has 0 saturated carbocycles. The lowest BCUT2D eigenvalue weighted by molar-refractivity contribution is 1.02. The molecule has 1 aromatic heterocycles. The van der Waals surface area contributed by atoms with Crippen molar-refractivity contribution in [3.63, 3.8) is 0 Å². The molecule has 7 heteroatoms. The molecule has 0 unspecified atom stereocenters. The predicted octanol–water partition coefficient (Wildman–Crippen LogP) is 4.00. The average Bonchev–Trinajstić information content (AvgIpc) is 2.91. The summed E-state index contributed by atoms with van der Waals surface area (Å²) in [5.74, 6) is 0. The van der Waals surface area contributed by atoms with Gasteiger partial charge < -0.3 is 11.5 Å². The second-order valence-electron chi connectivity index (χ2n) is 4.19. The van der Waals surface area contributed by atoms with Crippen LogP contribution in [0.25, 0.3) is 0 Å². The molecule has 21 heavy (non-hydrogen) atoms. The van der Waals surface area contributed by atoms with Gasteiger partial charge in [0.25, 0.3) is 0 Å². The summed E-state index contributed by atoms with van der Waals surface area (Å²) in [6, 6.07) is 15.4. The number of aromatic nitrogens is 2. The first-order valence-corrected chi connectivity index (χ1v) is 8.50.